The molecule has 0 saturated heterocycles. The summed E-state index contributed by atoms with van der Waals surface area (Å²) in [4.78, 5) is 45.9. The minimum Gasteiger partial charge on any atom is -0.381 e. The quantitative estimate of drug-likeness (QED) is 0.314. The van der Waals surface area contributed by atoms with Crippen LogP contribution in [0.15, 0.2) is 83.8 Å². The summed E-state index contributed by atoms with van der Waals surface area (Å²) >= 11 is 0. The summed E-state index contributed by atoms with van der Waals surface area (Å²) < 4.78 is 0. The third kappa shape index (κ3) is 5.62. The van der Waals surface area contributed by atoms with Crippen molar-refractivity contribution >= 4 is 22.7 Å². The van der Waals surface area contributed by atoms with Crippen LogP contribution in [0.3, 0.4) is 0 Å². The predicted octanol–water partition coefficient (Wildman–Crippen LogP) is 2.25. The Morgan fingerprint density at radius 3 is 2.46 bits per heavy atom. The van der Waals surface area contributed by atoms with Crippen molar-refractivity contribution in [3.63, 3.8) is 0 Å². The minimum atomic E-state index is -1.53. The molecule has 0 spiro atoms. The number of aromatic nitrogens is 2. The number of nitrogens with zero attached hydrogens (tertiary/aromatic N) is 1. The van der Waals surface area contributed by atoms with E-state index in [0.29, 0.717) is 16.6 Å². The highest BCUT2D eigenvalue weighted by atomic mass is 16.3. The first-order chi connectivity index (χ1) is 16.9. The van der Waals surface area contributed by atoms with Gasteiger partial charge < -0.3 is 20.7 Å². The number of aromatic amines is 1. The molecular formula is C27H26N4O4. The Balaban J connectivity index is 1.57. The van der Waals surface area contributed by atoms with Gasteiger partial charge in [0.25, 0.3) is 11.8 Å². The van der Waals surface area contributed by atoms with Crippen LogP contribution in [0.25, 0.3) is 10.9 Å². The molecular weight excluding hydrogens is 444 g/mol. The molecule has 8 heteroatoms. The maximum absolute atomic E-state index is 13.2. The van der Waals surface area contributed by atoms with E-state index in [2.05, 4.69) is 20.6 Å². The zero-order valence-corrected chi connectivity index (χ0v) is 19.2. The van der Waals surface area contributed by atoms with Gasteiger partial charge in [-0.2, -0.15) is 0 Å². The largest absolute Gasteiger partial charge is 0.381 e. The van der Waals surface area contributed by atoms with Gasteiger partial charge in [0.15, 0.2) is 11.5 Å². The molecule has 178 valence electrons. The average molecular weight is 471 g/mol. The maximum Gasteiger partial charge on any atom is 0.268 e. The molecule has 0 aliphatic carbocycles. The summed E-state index contributed by atoms with van der Waals surface area (Å²) in [6.07, 6.45) is 0.292. The van der Waals surface area contributed by atoms with Crippen LogP contribution in [0.4, 0.5) is 0 Å². The van der Waals surface area contributed by atoms with E-state index in [1.54, 1.807) is 55.6 Å². The van der Waals surface area contributed by atoms with Crippen LogP contribution in [0.2, 0.25) is 0 Å². The number of nitrogens with one attached hydrogen (secondary N) is 3. The Morgan fingerprint density at radius 1 is 1.00 bits per heavy atom. The lowest BCUT2D eigenvalue weighted by Crippen LogP contribution is -2.52. The number of carbonyl (C=O) groups excluding carboxylic acids is 2. The number of para-hydroxylation sites is 1. The fourth-order valence-electron chi connectivity index (χ4n) is 3.88. The van der Waals surface area contributed by atoms with E-state index in [1.807, 2.05) is 30.3 Å². The molecule has 0 aliphatic rings. The normalized spacial score (nSPS) is 12.6. The van der Waals surface area contributed by atoms with Crippen molar-refractivity contribution in [1.82, 2.24) is 20.6 Å². The van der Waals surface area contributed by atoms with Gasteiger partial charge in [0.1, 0.15) is 5.69 Å². The highest BCUT2D eigenvalue weighted by Gasteiger charge is 2.29. The lowest BCUT2D eigenvalue weighted by molar-refractivity contribution is -0.130. The first-order valence-corrected chi connectivity index (χ1v) is 11.3. The molecule has 0 fully saturated rings. The molecule has 8 nitrogen and oxygen atoms in total. The molecule has 2 heterocycles. The first-order valence-electron chi connectivity index (χ1n) is 11.3. The molecule has 2 atom stereocenters. The van der Waals surface area contributed by atoms with E-state index in [4.69, 9.17) is 0 Å². The van der Waals surface area contributed by atoms with Crippen LogP contribution in [-0.4, -0.2) is 39.0 Å². The highest BCUT2D eigenvalue weighted by Crippen LogP contribution is 2.13. The average Bonchev–Trinajstić information content (AvgIpc) is 2.89. The minimum absolute atomic E-state index is 0.0906. The molecule has 4 N–H and O–H groups in total. The Hall–Kier alpha value is -4.30. The number of aliphatic hydroxyl groups excluding tert-OH is 1. The van der Waals surface area contributed by atoms with Crippen LogP contribution in [0.1, 0.15) is 27.3 Å². The van der Waals surface area contributed by atoms with Crippen LogP contribution in [0, 0.1) is 6.92 Å². The van der Waals surface area contributed by atoms with Crippen LogP contribution >= 0.6 is 0 Å². The predicted molar refractivity (Wildman–Crippen MR) is 133 cm³/mol. The van der Waals surface area contributed by atoms with E-state index in [9.17, 15) is 19.5 Å². The van der Waals surface area contributed by atoms with Crippen molar-refractivity contribution in [2.24, 2.45) is 0 Å². The number of rotatable bonds is 8. The van der Waals surface area contributed by atoms with Gasteiger partial charge in [-0.3, -0.25) is 19.4 Å². The van der Waals surface area contributed by atoms with Crippen molar-refractivity contribution in [2.75, 3.05) is 0 Å². The van der Waals surface area contributed by atoms with Gasteiger partial charge in [-0.1, -0.05) is 48.5 Å². The lowest BCUT2D eigenvalue weighted by atomic mass is 10.00. The molecule has 0 bridgehead atoms. The van der Waals surface area contributed by atoms with Crippen molar-refractivity contribution in [3.8, 4) is 0 Å². The molecule has 4 rings (SSSR count). The molecule has 0 radical (unpaired) electrons. The van der Waals surface area contributed by atoms with Gasteiger partial charge in [-0.05, 0) is 43.2 Å². The van der Waals surface area contributed by atoms with Gasteiger partial charge in [-0.15, -0.1) is 0 Å². The molecule has 35 heavy (non-hydrogen) atoms. The van der Waals surface area contributed by atoms with Crippen LogP contribution in [-0.2, 0) is 17.8 Å². The van der Waals surface area contributed by atoms with E-state index in [1.165, 1.54) is 0 Å². The van der Waals surface area contributed by atoms with Crippen molar-refractivity contribution in [1.29, 1.82) is 0 Å². The summed E-state index contributed by atoms with van der Waals surface area (Å²) in [5, 5.41) is 16.8. The second kappa shape index (κ2) is 10.8. The topological polar surface area (TPSA) is 124 Å². The van der Waals surface area contributed by atoms with Crippen LogP contribution < -0.4 is 16.1 Å². The molecule has 0 saturated carbocycles. The molecule has 2 amide bonds. The Kier molecular flexibility index (Phi) is 7.32. The van der Waals surface area contributed by atoms with E-state index in [-0.39, 0.29) is 29.7 Å². The summed E-state index contributed by atoms with van der Waals surface area (Å²) in [7, 11) is 0. The molecule has 0 aliphatic heterocycles. The maximum atomic E-state index is 13.2. The summed E-state index contributed by atoms with van der Waals surface area (Å²) in [5.41, 5.74) is 2.10. The number of hydrogen-bond acceptors (Lipinski definition) is 5. The Morgan fingerprint density at radius 2 is 1.71 bits per heavy atom. The number of benzene rings is 2. The van der Waals surface area contributed by atoms with Crippen LogP contribution in [0.5, 0.6) is 0 Å². The van der Waals surface area contributed by atoms with E-state index < -0.39 is 24.0 Å². The second-order valence-corrected chi connectivity index (χ2v) is 8.25. The molecule has 4 aromatic rings. The number of fused-ring (bicyclic) bond motifs is 1. The zero-order chi connectivity index (χ0) is 24.8. The molecule has 2 unspecified atom stereocenters. The zero-order valence-electron chi connectivity index (χ0n) is 19.2. The Labute approximate surface area is 202 Å². The highest BCUT2D eigenvalue weighted by molar-refractivity contribution is 5.97. The number of amides is 2. The smallest absolute Gasteiger partial charge is 0.268 e. The summed E-state index contributed by atoms with van der Waals surface area (Å²) in [5.74, 6) is -1.22. The Bertz CT molecular complexity index is 1390. The van der Waals surface area contributed by atoms with Gasteiger partial charge in [0.2, 0.25) is 0 Å². The van der Waals surface area contributed by atoms with Crippen molar-refractivity contribution < 1.29 is 14.7 Å². The van der Waals surface area contributed by atoms with Gasteiger partial charge >= 0.3 is 0 Å². The number of pyridine rings is 2. The third-order valence-corrected chi connectivity index (χ3v) is 5.81. The van der Waals surface area contributed by atoms with Gasteiger partial charge in [0.05, 0.1) is 18.3 Å². The fraction of sp³-hybridized carbons (Fsp3) is 0.185. The van der Waals surface area contributed by atoms with Crippen molar-refractivity contribution in [3.05, 3.63) is 112 Å². The van der Waals surface area contributed by atoms with Crippen molar-refractivity contribution in [2.45, 2.75) is 32.0 Å². The lowest BCUT2D eigenvalue weighted by Gasteiger charge is -2.24. The number of aliphatic hydroxyl groups is 1. The number of carbonyl (C=O) groups is 2. The third-order valence-electron chi connectivity index (χ3n) is 5.81. The van der Waals surface area contributed by atoms with Gasteiger partial charge in [-0.25, -0.2) is 0 Å². The summed E-state index contributed by atoms with van der Waals surface area (Å²) in [6, 6.07) is 20.6. The SMILES string of the molecule is Cc1c(C(=O)NC(Cc2ccccc2)C(O)C(=O)NCc2ccccn2)[nH]c2ccccc2c1=O. The van der Waals surface area contributed by atoms with E-state index in [0.717, 1.165) is 5.56 Å². The monoisotopic (exact) mass is 470 g/mol. The van der Waals surface area contributed by atoms with Gasteiger partial charge in [0, 0.05) is 22.7 Å². The fourth-order valence-corrected chi connectivity index (χ4v) is 3.88. The van der Waals surface area contributed by atoms with E-state index >= 15 is 0 Å². The first kappa shape index (κ1) is 23.8. The standard InChI is InChI=1S/C27H26N4O4/c1-17-23(30-21-13-6-5-12-20(21)24(17)32)26(34)31-22(15-18-9-3-2-4-10-18)25(33)27(35)29-16-19-11-7-8-14-28-19/h2-14,22,25,33H,15-16H2,1H3,(H,29,35)(H,30,32)(H,31,34). The molecule has 2 aromatic carbocycles. The number of hydrogen-bond donors (Lipinski definition) is 4. The summed E-state index contributed by atoms with van der Waals surface area (Å²) in [6.45, 7) is 1.71. The number of H-pyrrole nitrogens is 1. The second-order valence-electron chi connectivity index (χ2n) is 8.25. The molecule has 2 aromatic heterocycles.